The molecular formula is C31H41N7O4S. The number of benzene rings is 1. The molecule has 230 valence electrons. The average Bonchev–Trinajstić information content (AvgIpc) is 3.02. The molecule has 0 spiro atoms. The molecule has 8 rings (SSSR count). The molecule has 4 bridgehead atoms. The number of nitrogens with two attached hydrogens (primary N) is 1. The lowest BCUT2D eigenvalue weighted by Gasteiger charge is -2.59. The zero-order chi connectivity index (χ0) is 29.9. The van der Waals surface area contributed by atoms with Crippen LogP contribution in [0.15, 0.2) is 42.6 Å². The summed E-state index contributed by atoms with van der Waals surface area (Å²) in [6, 6.07) is 12.0. The molecule has 3 heterocycles. The van der Waals surface area contributed by atoms with Crippen LogP contribution in [0.25, 0.3) is 0 Å². The molecule has 2 aliphatic heterocycles. The van der Waals surface area contributed by atoms with Gasteiger partial charge in [0.05, 0.1) is 29.0 Å². The third kappa shape index (κ3) is 4.92. The number of sulfonamides is 1. The number of hydrogen-bond acceptors (Lipinski definition) is 7. The number of fused-ring (bicyclic) bond motifs is 1. The maximum absolute atomic E-state index is 13.8. The van der Waals surface area contributed by atoms with Gasteiger partial charge < -0.3 is 20.9 Å². The number of piperazine rings is 1. The van der Waals surface area contributed by atoms with Crippen LogP contribution in [-0.2, 0) is 14.8 Å². The van der Waals surface area contributed by atoms with Gasteiger partial charge in [0.15, 0.2) is 0 Å². The third-order valence-corrected chi connectivity index (χ3v) is 12.6. The van der Waals surface area contributed by atoms with E-state index in [1.807, 2.05) is 47.5 Å². The van der Waals surface area contributed by atoms with Crippen LogP contribution in [0.1, 0.15) is 39.0 Å². The number of pyridine rings is 1. The summed E-state index contributed by atoms with van der Waals surface area (Å²) in [6.45, 7) is 5.02. The van der Waals surface area contributed by atoms with E-state index in [1.165, 1.54) is 0 Å². The molecule has 5 fully saturated rings. The molecule has 4 saturated carbocycles. The quantitative estimate of drug-likeness (QED) is 0.516. The van der Waals surface area contributed by atoms with Gasteiger partial charge in [0.2, 0.25) is 15.9 Å². The van der Waals surface area contributed by atoms with Gasteiger partial charge in [-0.1, -0.05) is 12.1 Å². The molecule has 12 heteroatoms. The number of nitrogens with zero attached hydrogens (tertiary/aromatic N) is 5. The summed E-state index contributed by atoms with van der Waals surface area (Å²) >= 11 is 0. The minimum atomic E-state index is -3.17. The number of hydrogen-bond donors (Lipinski definition) is 2. The first kappa shape index (κ1) is 28.4. The first-order valence-corrected chi connectivity index (χ1v) is 17.2. The topological polar surface area (TPSA) is 132 Å². The third-order valence-electron chi connectivity index (χ3n) is 10.7. The van der Waals surface area contributed by atoms with E-state index in [2.05, 4.69) is 15.1 Å². The fourth-order valence-electron chi connectivity index (χ4n) is 8.72. The van der Waals surface area contributed by atoms with Crippen molar-refractivity contribution >= 4 is 44.8 Å². The molecule has 3 N–H and O–H groups in total. The van der Waals surface area contributed by atoms with Crippen molar-refractivity contribution in [1.82, 2.24) is 14.6 Å². The zero-order valence-electron chi connectivity index (χ0n) is 24.7. The van der Waals surface area contributed by atoms with Crippen molar-refractivity contribution in [1.29, 1.82) is 0 Å². The van der Waals surface area contributed by atoms with Gasteiger partial charge in [-0.05, 0) is 81.0 Å². The van der Waals surface area contributed by atoms with Crippen molar-refractivity contribution in [3.8, 4) is 0 Å². The minimum Gasteiger partial charge on any atom is -0.369 e. The van der Waals surface area contributed by atoms with Crippen molar-refractivity contribution < 1.29 is 18.0 Å². The predicted octanol–water partition coefficient (Wildman–Crippen LogP) is 2.90. The molecular weight excluding hydrogens is 566 g/mol. The Hall–Kier alpha value is -3.38. The Morgan fingerprint density at radius 3 is 2.28 bits per heavy atom. The number of aromatic nitrogens is 1. The monoisotopic (exact) mass is 607 g/mol. The highest BCUT2D eigenvalue weighted by Gasteiger charge is 2.58. The van der Waals surface area contributed by atoms with Crippen molar-refractivity contribution in [3.63, 3.8) is 0 Å². The van der Waals surface area contributed by atoms with Gasteiger partial charge in [-0.25, -0.2) is 18.2 Å². The molecule has 2 atom stereocenters. The van der Waals surface area contributed by atoms with Gasteiger partial charge >= 0.3 is 6.03 Å². The summed E-state index contributed by atoms with van der Waals surface area (Å²) in [7, 11) is -3.17. The van der Waals surface area contributed by atoms with Crippen molar-refractivity contribution in [3.05, 3.63) is 42.6 Å². The number of nitrogens with one attached hydrogen (secondary N) is 1. The minimum absolute atomic E-state index is 0.0785. The number of carbonyl (C=O) groups excluding carboxylic acids is 2. The number of carbonyl (C=O) groups is 2. The lowest BCUT2D eigenvalue weighted by Crippen LogP contribution is -2.63. The van der Waals surface area contributed by atoms with Crippen LogP contribution in [0.3, 0.4) is 0 Å². The van der Waals surface area contributed by atoms with Gasteiger partial charge in [-0.15, -0.1) is 0 Å². The van der Waals surface area contributed by atoms with Crippen molar-refractivity contribution in [2.75, 3.05) is 59.7 Å². The number of amides is 3. The highest BCUT2D eigenvalue weighted by molar-refractivity contribution is 7.89. The fraction of sp³-hybridized carbons (Fsp3) is 0.581. The molecule has 43 heavy (non-hydrogen) atoms. The lowest BCUT2D eigenvalue weighted by molar-refractivity contribution is -0.145. The largest absolute Gasteiger partial charge is 0.369 e. The van der Waals surface area contributed by atoms with E-state index in [0.29, 0.717) is 57.0 Å². The second-order valence-electron chi connectivity index (χ2n) is 13.0. The van der Waals surface area contributed by atoms with Crippen LogP contribution in [0.5, 0.6) is 0 Å². The number of rotatable bonds is 6. The van der Waals surface area contributed by atoms with E-state index in [9.17, 15) is 18.0 Å². The fourth-order valence-corrected chi connectivity index (χ4v) is 9.81. The SMILES string of the molecule is CCS(=O)(=O)N1CCN(c2ccc(N3CCN(C(=O)NC4C5CC6CC4CC(C(N)=O)(C6)C5)c4ccccc43)nc2)CC1. The molecule has 2 unspecified atom stereocenters. The van der Waals surface area contributed by atoms with E-state index in [4.69, 9.17) is 10.7 Å². The Balaban J connectivity index is 1.04. The van der Waals surface area contributed by atoms with Gasteiger partial charge in [-0.2, -0.15) is 4.31 Å². The van der Waals surface area contributed by atoms with E-state index in [-0.39, 0.29) is 29.1 Å². The first-order valence-electron chi connectivity index (χ1n) is 15.6. The van der Waals surface area contributed by atoms with Crippen LogP contribution in [0.4, 0.5) is 27.7 Å². The number of anilines is 4. The van der Waals surface area contributed by atoms with E-state index >= 15 is 0 Å². The summed E-state index contributed by atoms with van der Waals surface area (Å²) < 4.78 is 26.0. The molecule has 0 radical (unpaired) electrons. The number of primary amides is 1. The Kier molecular flexibility index (Phi) is 7.04. The average molecular weight is 608 g/mol. The smallest absolute Gasteiger partial charge is 0.322 e. The maximum Gasteiger partial charge on any atom is 0.322 e. The summed E-state index contributed by atoms with van der Waals surface area (Å²) in [4.78, 5) is 37.1. The molecule has 1 saturated heterocycles. The van der Waals surface area contributed by atoms with Crippen LogP contribution in [-0.4, -0.2) is 80.7 Å². The van der Waals surface area contributed by atoms with Crippen LogP contribution in [0, 0.1) is 23.2 Å². The second-order valence-corrected chi connectivity index (χ2v) is 15.3. The Labute approximate surface area is 253 Å². The highest BCUT2D eigenvalue weighted by atomic mass is 32.2. The normalized spacial score (nSPS) is 30.3. The maximum atomic E-state index is 13.8. The molecule has 1 aromatic carbocycles. The standard InChI is InChI=1S/C31H41N7O4S/c1-2-43(41,42)36-11-9-35(10-12-36)24-7-8-27(33-20-24)37-13-14-38(26-6-4-3-5-25(26)37)30(40)34-28-22-15-21-16-23(28)19-31(17-21,18-22)29(32)39/h3-8,20-23,28H,2,9-19H2,1H3,(H2,32,39)(H,34,40). The zero-order valence-corrected chi connectivity index (χ0v) is 25.5. The Morgan fingerprint density at radius 1 is 0.953 bits per heavy atom. The summed E-state index contributed by atoms with van der Waals surface area (Å²) in [6.07, 6.45) is 6.48. The van der Waals surface area contributed by atoms with Gasteiger partial charge in [0.25, 0.3) is 0 Å². The number of urea groups is 1. The predicted molar refractivity (Wildman–Crippen MR) is 166 cm³/mol. The van der Waals surface area contributed by atoms with Gasteiger partial charge in [0, 0.05) is 50.7 Å². The highest BCUT2D eigenvalue weighted by Crippen LogP contribution is 2.60. The molecule has 11 nitrogen and oxygen atoms in total. The van der Waals surface area contributed by atoms with Gasteiger partial charge in [0.1, 0.15) is 5.82 Å². The summed E-state index contributed by atoms with van der Waals surface area (Å²) in [5, 5.41) is 3.40. The molecule has 3 amide bonds. The number of para-hydroxylation sites is 2. The molecule has 2 aromatic rings. The molecule has 6 aliphatic rings. The summed E-state index contributed by atoms with van der Waals surface area (Å²) in [5.41, 5.74) is 8.25. The first-order chi connectivity index (χ1) is 20.7. The van der Waals surface area contributed by atoms with Crippen LogP contribution < -0.4 is 25.8 Å². The van der Waals surface area contributed by atoms with E-state index in [0.717, 1.165) is 55.0 Å². The molecule has 4 aliphatic carbocycles. The van der Waals surface area contributed by atoms with Crippen LogP contribution >= 0.6 is 0 Å². The van der Waals surface area contributed by atoms with Gasteiger partial charge in [-0.3, -0.25) is 9.69 Å². The van der Waals surface area contributed by atoms with E-state index < -0.39 is 10.0 Å². The Morgan fingerprint density at radius 2 is 1.65 bits per heavy atom. The molecule has 1 aromatic heterocycles. The summed E-state index contributed by atoms with van der Waals surface area (Å²) in [5.74, 6) is 1.93. The van der Waals surface area contributed by atoms with E-state index in [1.54, 1.807) is 11.2 Å². The Bertz CT molecular complexity index is 1490. The van der Waals surface area contributed by atoms with Crippen molar-refractivity contribution in [2.24, 2.45) is 28.9 Å². The lowest BCUT2D eigenvalue weighted by atomic mass is 9.47. The van der Waals surface area contributed by atoms with Crippen molar-refractivity contribution in [2.45, 2.75) is 45.1 Å². The second kappa shape index (κ2) is 10.7. The van der Waals surface area contributed by atoms with Crippen LogP contribution in [0.2, 0.25) is 0 Å².